The van der Waals surface area contributed by atoms with Gasteiger partial charge in [-0.3, -0.25) is 72.1 Å². The molecule has 2 unspecified atom stereocenters. The number of nitrogens with zero attached hydrogens (tertiary/aromatic N) is 5. The molecule has 40 nitrogen and oxygen atoms in total. The van der Waals surface area contributed by atoms with Crippen LogP contribution < -0.4 is 71.0 Å². The van der Waals surface area contributed by atoms with Crippen LogP contribution >= 0.6 is 0 Å². The lowest BCUT2D eigenvalue weighted by molar-refractivity contribution is -0.175. The Morgan fingerprint density at radius 3 is 1.68 bits per heavy atom. The van der Waals surface area contributed by atoms with Crippen molar-refractivity contribution in [2.75, 3.05) is 45.0 Å². The summed E-state index contributed by atoms with van der Waals surface area (Å²) in [6.07, 6.45) is -4.74. The number of ketones is 2. The number of allylic oxidation sites excluding steroid dienone is 2. The van der Waals surface area contributed by atoms with Crippen LogP contribution in [0, 0.1) is 5.92 Å². The number of carbonyl (C=O) groups is 16. The number of rotatable bonds is 30. The van der Waals surface area contributed by atoms with Crippen LogP contribution in [0.2, 0.25) is 0 Å². The van der Waals surface area contributed by atoms with Crippen LogP contribution in [0.3, 0.4) is 0 Å². The summed E-state index contributed by atoms with van der Waals surface area (Å²) < 4.78 is 35.0. The molecule has 3 aromatic carbocycles. The zero-order valence-corrected chi connectivity index (χ0v) is 64.2. The highest BCUT2D eigenvalue weighted by Crippen LogP contribution is 2.60. The summed E-state index contributed by atoms with van der Waals surface area (Å²) in [7, 11) is 4.01. The second kappa shape index (κ2) is 33.6. The van der Waals surface area contributed by atoms with Gasteiger partial charge >= 0.3 is 24.3 Å². The number of fused-ring (bicyclic) bond motifs is 9. The lowest BCUT2D eigenvalue weighted by atomic mass is 9.82. The van der Waals surface area contributed by atoms with Gasteiger partial charge in [0.05, 0.1) is 65.2 Å². The van der Waals surface area contributed by atoms with Crippen molar-refractivity contribution in [3.8, 4) is 11.4 Å². The van der Waals surface area contributed by atoms with Crippen LogP contribution in [0.15, 0.2) is 112 Å². The highest BCUT2D eigenvalue weighted by molar-refractivity contribution is 6.25. The topological polar surface area (TPSA) is 573 Å². The van der Waals surface area contributed by atoms with Gasteiger partial charge in [0.2, 0.25) is 76.2 Å². The number of cyclic esters (lactones) is 1. The number of benzene rings is 3. The Morgan fingerprint density at radius 2 is 1.17 bits per heavy atom. The molecule has 12 atom stereocenters. The van der Waals surface area contributed by atoms with E-state index in [9.17, 15) is 81.5 Å². The van der Waals surface area contributed by atoms with Crippen LogP contribution in [0.25, 0.3) is 22.3 Å². The number of hydrogen-bond donors (Lipinski definition) is 12. The molecule has 116 heavy (non-hydrogen) atoms. The van der Waals surface area contributed by atoms with Gasteiger partial charge in [-0.25, -0.2) is 24.2 Å². The monoisotopic (exact) mass is 1600 g/mol. The summed E-state index contributed by atoms with van der Waals surface area (Å²) in [5.41, 5.74) is 21.8. The number of para-hydroxylation sites is 1. The van der Waals surface area contributed by atoms with Gasteiger partial charge in [-0.05, 0) is 109 Å². The number of piperazine rings is 1. The molecule has 1 aliphatic carbocycles. The molecule has 5 aliphatic heterocycles. The number of esters is 1. The fourth-order valence-corrected chi connectivity index (χ4v) is 14.7. The summed E-state index contributed by atoms with van der Waals surface area (Å²) in [6, 6.07) is 10.7. The van der Waals surface area contributed by atoms with E-state index in [4.69, 9.17) is 56.3 Å². The molecule has 11 rings (SSSR count). The van der Waals surface area contributed by atoms with E-state index in [2.05, 4.69) is 42.5 Å². The summed E-state index contributed by atoms with van der Waals surface area (Å²) in [5, 5.41) is 20.2. The Balaban J connectivity index is 0.606. The summed E-state index contributed by atoms with van der Waals surface area (Å²) in [4.78, 5) is 235. The van der Waals surface area contributed by atoms with E-state index < -0.39 is 198 Å². The standard InChI is InChI=1S/C76H85N17O23/c1-10-75(45-24-50-56-41(23-40-13-11-12-14-47(40)87-56)27-91(50)70(106)44(45)31-112-71(75)107)116-74(110)115-30-39-17-21-43(22-18-39)86-67(103)49(26-53(78)95)89-65(101)37(6)82-63(99)35(4)84-69(105)58(90(7)8)68(104)83-34(3)62(98)81-36(5)64(100)88-48(25-52(77)94)66(102)85-42-19-15-38(16-20-42)29-114-73(109)93-51-28-92-57-54(60(97)55(79)33(2)59(57)96)46(32-113-72(80)108)76(92,111-9)61(51)93/h11-24,34-37,46,48-49,51,58,61H,10,25-32,79H2,1-9H3,(H2,77,94)(H2,78,95)(H2,80,108)(H,81,98)(H,82,99)(H,83,104)(H,84,105)(H,85,102)(H,86,103)(H,88,100)(H,89,101)/t34-,35-,36-,37-,46+,48-,49-,51-,58?,61?,75-,76+,93?/m0/s1. The van der Waals surface area contributed by atoms with Gasteiger partial charge in [-0.1, -0.05) is 49.4 Å². The average molecular weight is 1600 g/mol. The van der Waals surface area contributed by atoms with Crippen molar-refractivity contribution in [1.29, 1.82) is 0 Å². The van der Waals surface area contributed by atoms with E-state index in [1.807, 2.05) is 30.3 Å². The molecule has 40 heteroatoms. The normalized spacial score (nSPS) is 20.4. The van der Waals surface area contributed by atoms with E-state index in [1.54, 1.807) is 17.9 Å². The molecule has 0 radical (unpaired) electrons. The summed E-state index contributed by atoms with van der Waals surface area (Å²) >= 11 is 0. The number of amides is 12. The first kappa shape index (κ1) is 83.3. The molecule has 6 aliphatic rings. The number of nitrogens with one attached hydrogen (secondary N) is 8. The minimum Gasteiger partial charge on any atom is -0.457 e. The second-order valence-electron chi connectivity index (χ2n) is 28.7. The highest BCUT2D eigenvalue weighted by atomic mass is 16.7. The molecular formula is C76H85N17O23. The lowest BCUT2D eigenvalue weighted by Crippen LogP contribution is -2.60. The molecular weight excluding hydrogens is 1520 g/mol. The number of primary amides is 3. The van der Waals surface area contributed by atoms with Gasteiger partial charge in [0.15, 0.2) is 11.8 Å². The van der Waals surface area contributed by atoms with Gasteiger partial charge in [0, 0.05) is 52.7 Å². The summed E-state index contributed by atoms with van der Waals surface area (Å²) in [6.45, 7) is 6.68. The van der Waals surface area contributed by atoms with Crippen LogP contribution in [0.5, 0.6) is 0 Å². The van der Waals surface area contributed by atoms with Crippen LogP contribution in [0.4, 0.5) is 25.8 Å². The van der Waals surface area contributed by atoms with Crippen molar-refractivity contribution in [2.45, 2.75) is 153 Å². The lowest BCUT2D eigenvalue weighted by Gasteiger charge is -2.40. The predicted molar refractivity (Wildman–Crippen MR) is 402 cm³/mol. The molecule has 12 amide bonds. The molecule has 2 saturated heterocycles. The first-order valence-electron chi connectivity index (χ1n) is 36.5. The van der Waals surface area contributed by atoms with Crippen LogP contribution in [-0.4, -0.2) is 214 Å². The van der Waals surface area contributed by atoms with Crippen molar-refractivity contribution in [3.63, 3.8) is 0 Å². The number of Topliss-reactive ketones (excluding diaryl/α,β-unsaturated/α-hetero) is 2. The maximum absolute atomic E-state index is 14.0. The minimum absolute atomic E-state index is 0.0270. The SMILES string of the molecule is CC[C@@]1(OC(=O)OCc2ccc(NC(=O)[C@H](CC(N)=O)NC(=O)[C@H](C)NC(=O)[C@H](C)NC(=O)C(C(=O)N[C@@H](C)C(=O)N[C@@H](C)C(=O)N[C@@H](CC(N)=O)C(=O)Nc3ccc(COC(=O)N4C5[C@@H]4CN4C6=C(C(=O)C(N)=C(C)C6=O)[C@@H](COC(N)=O)[C@@]54OC)cc3)N(C)C)cc2)C(=O)OCc2c1cc1n(c2=O)Cc2cc3ccccc3nc2-1. The number of likely N-dealkylation sites (N-methyl/N-ethyl adjacent to an activating group) is 1. The van der Waals surface area contributed by atoms with Crippen molar-refractivity contribution >= 4 is 117 Å². The zero-order valence-electron chi connectivity index (χ0n) is 64.2. The quantitative estimate of drug-likeness (QED) is 0.00794. The van der Waals surface area contributed by atoms with E-state index in [1.165, 1.54) is 114 Å². The molecule has 0 bridgehead atoms. The zero-order chi connectivity index (χ0) is 84.4. The third kappa shape index (κ3) is 16.6. The van der Waals surface area contributed by atoms with Gasteiger partial charge in [-0.15, -0.1) is 0 Å². The molecule has 0 spiro atoms. The molecule has 7 heterocycles. The molecule has 5 aromatic rings. The summed E-state index contributed by atoms with van der Waals surface area (Å²) in [5.74, 6) is -12.9. The van der Waals surface area contributed by atoms with Crippen LogP contribution in [0.1, 0.15) is 88.6 Å². The molecule has 0 saturated carbocycles. The number of pyridine rings is 2. The average Bonchev–Trinajstić information content (AvgIpc) is 1.48. The first-order valence-corrected chi connectivity index (χ1v) is 36.5. The number of carbonyl (C=O) groups excluding carboxylic acids is 16. The Kier molecular flexibility index (Phi) is 24.1. The number of methoxy groups -OCH3 is 1. The second-order valence-corrected chi connectivity index (χ2v) is 28.7. The van der Waals surface area contributed by atoms with Gasteiger partial charge in [0.1, 0.15) is 68.7 Å². The highest BCUT2D eigenvalue weighted by Gasteiger charge is 2.78. The maximum Gasteiger partial charge on any atom is 0.510 e. The Morgan fingerprint density at radius 1 is 0.655 bits per heavy atom. The molecule has 612 valence electrons. The number of hydrogen-bond acceptors (Lipinski definition) is 27. The molecule has 2 aromatic heterocycles. The van der Waals surface area contributed by atoms with Gasteiger partial charge < -0.3 is 103 Å². The maximum atomic E-state index is 14.0. The first-order chi connectivity index (χ1) is 54.9. The smallest absolute Gasteiger partial charge is 0.457 e. The van der Waals surface area contributed by atoms with E-state index in [-0.39, 0.29) is 77.8 Å². The van der Waals surface area contributed by atoms with Crippen molar-refractivity contribution in [3.05, 3.63) is 146 Å². The third-order valence-corrected chi connectivity index (χ3v) is 20.8. The van der Waals surface area contributed by atoms with E-state index >= 15 is 0 Å². The number of nitrogens with two attached hydrogens (primary N) is 4. The Hall–Kier alpha value is -13.7. The molecule has 16 N–H and O–H groups in total. The third-order valence-electron chi connectivity index (χ3n) is 20.8. The van der Waals surface area contributed by atoms with Crippen molar-refractivity contribution in [2.24, 2.45) is 28.9 Å². The fraction of sp³-hybridized carbons (Fsp3) is 0.395. The predicted octanol–water partition coefficient (Wildman–Crippen LogP) is -1.60. The fourth-order valence-electron chi connectivity index (χ4n) is 14.7. The van der Waals surface area contributed by atoms with Gasteiger partial charge in [0.25, 0.3) is 5.56 Å². The van der Waals surface area contributed by atoms with Crippen molar-refractivity contribution < 1.29 is 105 Å². The van der Waals surface area contributed by atoms with E-state index in [0.717, 1.165) is 15.8 Å². The van der Waals surface area contributed by atoms with Crippen molar-refractivity contribution in [1.82, 2.24) is 56.2 Å². The largest absolute Gasteiger partial charge is 0.510 e. The Labute approximate surface area is 659 Å². The number of anilines is 2. The minimum atomic E-state index is -2.05. The Bertz CT molecular complexity index is 5100. The van der Waals surface area contributed by atoms with E-state index in [0.29, 0.717) is 28.0 Å². The number of aromatic nitrogens is 2. The van der Waals surface area contributed by atoms with Crippen LogP contribution in [-0.2, 0) is 123 Å². The molecule has 2 fully saturated rings. The number of ether oxygens (including phenoxy) is 6. The van der Waals surface area contributed by atoms with Gasteiger partial charge in [-0.2, -0.15) is 0 Å².